The van der Waals surface area contributed by atoms with Crippen molar-refractivity contribution < 1.29 is 0 Å². The molecule has 0 bridgehead atoms. The lowest BCUT2D eigenvalue weighted by Gasteiger charge is -2.27. The van der Waals surface area contributed by atoms with Gasteiger partial charge in [-0.15, -0.1) is 0 Å². The average molecular weight is 1150 g/mol. The van der Waals surface area contributed by atoms with Gasteiger partial charge in [-0.2, -0.15) is 0 Å². The smallest absolute Gasteiger partial charge is 0.0705 e. The Hall–Kier alpha value is -10.4. The van der Waals surface area contributed by atoms with Crippen LogP contribution in [0, 0.1) is 20.8 Å². The summed E-state index contributed by atoms with van der Waals surface area (Å²) in [7, 11) is 0. The zero-order valence-corrected chi connectivity index (χ0v) is 52.4. The molecule has 0 aliphatic carbocycles. The number of nitrogens with zero attached hydrogens (tertiary/aromatic N) is 3. The second kappa shape index (κ2) is 24.1. The number of aryl methyl sites for hydroxylation is 3. The molecule has 0 saturated carbocycles. The van der Waals surface area contributed by atoms with E-state index in [1.54, 1.807) is 0 Å². The molecule has 89 heavy (non-hydrogen) atoms. The molecule has 0 unspecified atom stereocenters. The van der Waals surface area contributed by atoms with E-state index in [9.17, 15) is 0 Å². The summed E-state index contributed by atoms with van der Waals surface area (Å²) in [6, 6.07) is 95.8. The van der Waals surface area contributed by atoms with Gasteiger partial charge in [0.1, 0.15) is 0 Å². The van der Waals surface area contributed by atoms with Crippen LogP contribution in [0.25, 0.3) is 134 Å². The lowest BCUT2D eigenvalue weighted by molar-refractivity contribution is 0.569. The molecule has 0 atom stereocenters. The summed E-state index contributed by atoms with van der Waals surface area (Å²) in [5.41, 5.74) is 33.0. The molecule has 432 valence electrons. The third-order valence-electron chi connectivity index (χ3n) is 17.6. The van der Waals surface area contributed by atoms with Crippen molar-refractivity contribution in [2.24, 2.45) is 0 Å². The first-order valence-electron chi connectivity index (χ1n) is 31.0. The summed E-state index contributed by atoms with van der Waals surface area (Å²) < 4.78 is 0. The van der Waals surface area contributed by atoms with Crippen molar-refractivity contribution in [2.75, 3.05) is 0 Å². The summed E-state index contributed by atoms with van der Waals surface area (Å²) in [5, 5.41) is 0. The van der Waals surface area contributed by atoms with Crippen molar-refractivity contribution in [3.05, 3.63) is 307 Å². The largest absolute Gasteiger partial charge is 0.256 e. The Morgan fingerprint density at radius 1 is 0.213 bits per heavy atom. The molecular formula is C86H73N3. The maximum absolute atomic E-state index is 5.28. The van der Waals surface area contributed by atoms with Gasteiger partial charge in [0.2, 0.25) is 0 Å². The molecule has 0 spiro atoms. The van der Waals surface area contributed by atoms with Crippen LogP contribution in [0.5, 0.6) is 0 Å². The van der Waals surface area contributed by atoms with Crippen LogP contribution in [-0.4, -0.2) is 15.0 Å². The highest BCUT2D eigenvalue weighted by Crippen LogP contribution is 2.47. The fourth-order valence-electron chi connectivity index (χ4n) is 12.7. The van der Waals surface area contributed by atoms with E-state index >= 15 is 0 Å². The molecule has 0 fully saturated rings. The van der Waals surface area contributed by atoms with Gasteiger partial charge >= 0.3 is 0 Å². The molecule has 0 amide bonds. The van der Waals surface area contributed by atoms with Crippen LogP contribution in [0.4, 0.5) is 0 Å². The van der Waals surface area contributed by atoms with E-state index < -0.39 is 0 Å². The molecule has 3 nitrogen and oxygen atoms in total. The average Bonchev–Trinajstić information content (AvgIpc) is 2.01. The molecule has 0 radical (unpaired) electrons. The fourth-order valence-corrected chi connectivity index (χ4v) is 12.7. The summed E-state index contributed by atoms with van der Waals surface area (Å²) in [6.45, 7) is 20.6. The van der Waals surface area contributed by atoms with Crippen LogP contribution in [-0.2, 0) is 10.8 Å². The molecular weight excluding hydrogens is 1070 g/mol. The third kappa shape index (κ3) is 12.0. The number of hydrogen-bond acceptors (Lipinski definition) is 3. The minimum absolute atomic E-state index is 0.0964. The van der Waals surface area contributed by atoms with Gasteiger partial charge in [-0.3, -0.25) is 15.0 Å². The van der Waals surface area contributed by atoms with Gasteiger partial charge in [0.15, 0.2) is 0 Å². The van der Waals surface area contributed by atoms with E-state index in [0.29, 0.717) is 0 Å². The molecule has 0 aliphatic rings. The van der Waals surface area contributed by atoms with Crippen LogP contribution in [0.2, 0.25) is 0 Å². The lowest BCUT2D eigenvalue weighted by Crippen LogP contribution is -2.16. The number of rotatable bonds is 12. The van der Waals surface area contributed by atoms with E-state index in [4.69, 9.17) is 15.0 Å². The SMILES string of the molecule is Cc1cc(-c2ccc(-c3ccccc3-c3cc(-c4ccccc4-c4ccc(-c5ccccn5)cc4C)cc(-c4ccccc4-c4ccc(-c5ccccn5)cc4C)c3)c(-c3cc(C(C)(C)C)cc(C(C)(C)C)c3)c2)ncc1-c1cccc(-c2ccccc2)c1. The summed E-state index contributed by atoms with van der Waals surface area (Å²) in [4.78, 5) is 14.7. The molecule has 3 heterocycles. The molecule has 0 aliphatic heterocycles. The predicted octanol–water partition coefficient (Wildman–Crippen LogP) is 23.4. The summed E-state index contributed by atoms with van der Waals surface area (Å²) >= 11 is 0. The molecule has 0 N–H and O–H groups in total. The fraction of sp³-hybridized carbons (Fsp3) is 0.128. The van der Waals surface area contributed by atoms with Crippen molar-refractivity contribution in [2.45, 2.75) is 73.1 Å². The molecule has 0 saturated heterocycles. The van der Waals surface area contributed by atoms with Crippen molar-refractivity contribution >= 4 is 0 Å². The van der Waals surface area contributed by atoms with Crippen molar-refractivity contribution in [1.29, 1.82) is 0 Å². The highest BCUT2D eigenvalue weighted by Gasteiger charge is 2.25. The van der Waals surface area contributed by atoms with Crippen LogP contribution < -0.4 is 0 Å². The molecule has 13 aromatic rings. The summed E-state index contributed by atoms with van der Waals surface area (Å²) in [6.07, 6.45) is 5.79. The number of benzene rings is 10. The first-order valence-corrected chi connectivity index (χ1v) is 31.0. The van der Waals surface area contributed by atoms with Gasteiger partial charge < -0.3 is 0 Å². The van der Waals surface area contributed by atoms with Crippen LogP contribution in [0.1, 0.15) is 69.4 Å². The van der Waals surface area contributed by atoms with Gasteiger partial charge in [-0.1, -0.05) is 230 Å². The van der Waals surface area contributed by atoms with Crippen molar-refractivity contribution in [3.8, 4) is 134 Å². The minimum atomic E-state index is -0.0964. The van der Waals surface area contributed by atoms with Crippen molar-refractivity contribution in [3.63, 3.8) is 0 Å². The Labute approximate surface area is 526 Å². The zero-order valence-electron chi connectivity index (χ0n) is 52.4. The molecule has 13 rings (SSSR count). The van der Waals surface area contributed by atoms with E-state index in [1.807, 2.05) is 24.5 Å². The van der Waals surface area contributed by atoms with Gasteiger partial charge in [-0.25, -0.2) is 0 Å². The topological polar surface area (TPSA) is 38.7 Å². The first-order chi connectivity index (χ1) is 43.1. The van der Waals surface area contributed by atoms with E-state index in [2.05, 4.69) is 317 Å². The quantitative estimate of drug-likeness (QED) is 0.122. The Kier molecular flexibility index (Phi) is 15.6. The standard InChI is InChI=1S/C86H73N3/c1-56-44-62(82-34-19-21-42-87-82)36-39-71(56)76-31-16-13-28-73(76)65-48-66(74-29-14-17-32-77(74)72-40-37-63(45-57(72)2)83-35-20-22-43-88-83)50-67(49-65)75-30-15-18-33-78(75)79-41-38-64(53-80(79)68-51-69(85(4,5)6)54-70(52-68)86(7,8)9)84-46-58(3)81(55-89-84)61-27-23-26-60(47-61)59-24-11-10-12-25-59/h10-55H,1-9H3. The Morgan fingerprint density at radius 2 is 0.596 bits per heavy atom. The highest BCUT2D eigenvalue weighted by atomic mass is 14.7. The van der Waals surface area contributed by atoms with Crippen LogP contribution >= 0.6 is 0 Å². The van der Waals surface area contributed by atoms with Crippen LogP contribution in [0.15, 0.2) is 279 Å². The zero-order chi connectivity index (χ0) is 61.4. The third-order valence-corrected chi connectivity index (χ3v) is 17.6. The number of pyridine rings is 3. The minimum Gasteiger partial charge on any atom is -0.256 e. The second-order valence-electron chi connectivity index (χ2n) is 25.8. The van der Waals surface area contributed by atoms with E-state index in [0.717, 1.165) is 95.0 Å². The molecule has 3 heteroatoms. The number of aromatic nitrogens is 3. The summed E-state index contributed by atoms with van der Waals surface area (Å²) in [5.74, 6) is 0. The number of hydrogen-bond donors (Lipinski definition) is 0. The monoisotopic (exact) mass is 1150 g/mol. The lowest BCUT2D eigenvalue weighted by atomic mass is 9.78. The molecule has 10 aromatic carbocycles. The van der Waals surface area contributed by atoms with E-state index in [1.165, 1.54) is 66.8 Å². The second-order valence-corrected chi connectivity index (χ2v) is 25.8. The van der Waals surface area contributed by atoms with Gasteiger partial charge in [0.05, 0.1) is 17.1 Å². The van der Waals surface area contributed by atoms with Crippen LogP contribution in [0.3, 0.4) is 0 Å². The van der Waals surface area contributed by atoms with E-state index in [-0.39, 0.29) is 10.8 Å². The maximum Gasteiger partial charge on any atom is 0.0705 e. The Bertz CT molecular complexity index is 4570. The maximum atomic E-state index is 5.28. The van der Waals surface area contributed by atoms with Crippen molar-refractivity contribution in [1.82, 2.24) is 15.0 Å². The normalized spacial score (nSPS) is 11.7. The highest BCUT2D eigenvalue weighted by molar-refractivity contribution is 5.98. The first kappa shape index (κ1) is 57.7. The Morgan fingerprint density at radius 3 is 1.06 bits per heavy atom. The molecule has 3 aromatic heterocycles. The van der Waals surface area contributed by atoms with Gasteiger partial charge in [0.25, 0.3) is 0 Å². The Balaban J connectivity index is 1.00. The van der Waals surface area contributed by atoms with Gasteiger partial charge in [0, 0.05) is 40.8 Å². The van der Waals surface area contributed by atoms with Gasteiger partial charge in [-0.05, 0) is 227 Å². The predicted molar refractivity (Wildman–Crippen MR) is 377 cm³/mol.